The van der Waals surface area contributed by atoms with Crippen LogP contribution in [0, 0.1) is 0 Å². The Bertz CT molecular complexity index is 426. The minimum absolute atomic E-state index is 0.658. The molecule has 0 fully saturated rings. The largest absolute Gasteiger partial charge is 0.375 e. The molecule has 0 aliphatic heterocycles. The van der Waals surface area contributed by atoms with Crippen LogP contribution >= 0.6 is 23.1 Å². The van der Waals surface area contributed by atoms with Crippen molar-refractivity contribution >= 4 is 28.2 Å². The van der Waals surface area contributed by atoms with Gasteiger partial charge in [0.25, 0.3) is 0 Å². The summed E-state index contributed by atoms with van der Waals surface area (Å²) in [5.74, 6) is 1.12. The van der Waals surface area contributed by atoms with Crippen molar-refractivity contribution in [1.29, 1.82) is 0 Å². The second-order valence-electron chi connectivity index (χ2n) is 3.46. The Morgan fingerprint density at radius 3 is 2.75 bits per heavy atom. The first kappa shape index (κ1) is 11.5. The molecule has 0 spiro atoms. The van der Waals surface area contributed by atoms with E-state index in [1.165, 1.54) is 16.2 Å². The fourth-order valence-corrected chi connectivity index (χ4v) is 3.21. The van der Waals surface area contributed by atoms with Gasteiger partial charge in [-0.15, -0.1) is 11.8 Å². The van der Waals surface area contributed by atoms with Gasteiger partial charge < -0.3 is 5.73 Å². The van der Waals surface area contributed by atoms with E-state index in [9.17, 15) is 0 Å². The molecule has 0 bridgehead atoms. The lowest BCUT2D eigenvalue weighted by Gasteiger charge is -1.99. The number of aryl methyl sites for hydroxylation is 1. The van der Waals surface area contributed by atoms with Crippen LogP contribution in [0.5, 0.6) is 0 Å². The van der Waals surface area contributed by atoms with Gasteiger partial charge in [-0.1, -0.05) is 41.7 Å². The number of nitrogens with two attached hydrogens (primary N) is 1. The molecule has 0 aliphatic rings. The average Bonchev–Trinajstić information content (AvgIpc) is 2.72. The highest BCUT2D eigenvalue weighted by molar-refractivity contribution is 8.01. The van der Waals surface area contributed by atoms with Crippen LogP contribution in [0.25, 0.3) is 0 Å². The third-order valence-electron chi connectivity index (χ3n) is 2.20. The van der Waals surface area contributed by atoms with E-state index in [-0.39, 0.29) is 0 Å². The molecule has 1 aromatic heterocycles. The predicted molar refractivity (Wildman–Crippen MR) is 72.0 cm³/mol. The van der Waals surface area contributed by atoms with Crippen molar-refractivity contribution in [1.82, 2.24) is 4.98 Å². The van der Waals surface area contributed by atoms with Crippen LogP contribution in [0.15, 0.2) is 40.7 Å². The SMILES string of the molecule is Nc1ncc(SCCCc2ccccc2)s1. The van der Waals surface area contributed by atoms with E-state index < -0.39 is 0 Å². The summed E-state index contributed by atoms with van der Waals surface area (Å²) >= 11 is 3.40. The third kappa shape index (κ3) is 3.54. The lowest BCUT2D eigenvalue weighted by Crippen LogP contribution is -1.86. The molecular weight excluding hydrogens is 236 g/mol. The fraction of sp³-hybridized carbons (Fsp3) is 0.250. The monoisotopic (exact) mass is 250 g/mol. The second kappa shape index (κ2) is 5.92. The normalized spacial score (nSPS) is 10.5. The highest BCUT2D eigenvalue weighted by Crippen LogP contribution is 2.26. The van der Waals surface area contributed by atoms with Gasteiger partial charge in [-0.25, -0.2) is 4.98 Å². The Morgan fingerprint density at radius 1 is 1.25 bits per heavy atom. The number of hydrogen-bond donors (Lipinski definition) is 1. The van der Waals surface area contributed by atoms with Crippen LogP contribution in [0.3, 0.4) is 0 Å². The Balaban J connectivity index is 1.69. The topological polar surface area (TPSA) is 38.9 Å². The molecule has 2 rings (SSSR count). The standard InChI is InChI=1S/C12H14N2S2/c13-12-14-9-11(16-12)15-8-4-7-10-5-2-1-3-6-10/h1-3,5-6,9H,4,7-8H2,(H2,13,14). The van der Waals surface area contributed by atoms with Crippen molar-refractivity contribution in [2.75, 3.05) is 11.5 Å². The first-order chi connectivity index (χ1) is 7.84. The van der Waals surface area contributed by atoms with Crippen LogP contribution in [0.4, 0.5) is 5.13 Å². The molecule has 16 heavy (non-hydrogen) atoms. The second-order valence-corrected chi connectivity index (χ2v) is 5.91. The molecule has 2 N–H and O–H groups in total. The summed E-state index contributed by atoms with van der Waals surface area (Å²) in [6.07, 6.45) is 4.18. The quantitative estimate of drug-likeness (QED) is 0.652. The maximum Gasteiger partial charge on any atom is 0.181 e. The summed E-state index contributed by atoms with van der Waals surface area (Å²) in [6, 6.07) is 10.6. The van der Waals surface area contributed by atoms with Crippen molar-refractivity contribution in [2.45, 2.75) is 17.1 Å². The van der Waals surface area contributed by atoms with Crippen molar-refractivity contribution in [3.63, 3.8) is 0 Å². The summed E-state index contributed by atoms with van der Waals surface area (Å²) in [4.78, 5) is 4.03. The van der Waals surface area contributed by atoms with Crippen LogP contribution in [0.1, 0.15) is 12.0 Å². The van der Waals surface area contributed by atoms with E-state index in [1.54, 1.807) is 11.3 Å². The van der Waals surface area contributed by atoms with Gasteiger partial charge in [0, 0.05) is 0 Å². The number of thioether (sulfide) groups is 1. The van der Waals surface area contributed by atoms with E-state index in [2.05, 4.69) is 35.3 Å². The Kier molecular flexibility index (Phi) is 4.25. The van der Waals surface area contributed by atoms with E-state index >= 15 is 0 Å². The summed E-state index contributed by atoms with van der Waals surface area (Å²) in [5, 5.41) is 0.658. The maximum absolute atomic E-state index is 5.57. The molecule has 2 aromatic rings. The molecule has 1 aromatic carbocycles. The number of nitrogen functional groups attached to an aromatic ring is 1. The molecule has 84 valence electrons. The zero-order valence-electron chi connectivity index (χ0n) is 8.93. The van der Waals surface area contributed by atoms with Gasteiger partial charge in [0.2, 0.25) is 0 Å². The molecule has 0 radical (unpaired) electrons. The Hall–Kier alpha value is -1.00. The molecule has 0 unspecified atom stereocenters. The molecule has 0 saturated carbocycles. The van der Waals surface area contributed by atoms with Crippen molar-refractivity contribution in [2.24, 2.45) is 0 Å². The average molecular weight is 250 g/mol. The highest BCUT2D eigenvalue weighted by atomic mass is 32.2. The Morgan fingerprint density at radius 2 is 2.06 bits per heavy atom. The molecule has 1 heterocycles. The number of anilines is 1. The lowest BCUT2D eigenvalue weighted by molar-refractivity contribution is 0.933. The van der Waals surface area contributed by atoms with Gasteiger partial charge >= 0.3 is 0 Å². The zero-order valence-corrected chi connectivity index (χ0v) is 10.6. The molecule has 4 heteroatoms. The number of rotatable bonds is 5. The minimum atomic E-state index is 0.658. The molecule has 0 amide bonds. The number of nitrogens with zero attached hydrogens (tertiary/aromatic N) is 1. The first-order valence-corrected chi connectivity index (χ1v) is 7.03. The molecule has 2 nitrogen and oxygen atoms in total. The van der Waals surface area contributed by atoms with Crippen molar-refractivity contribution in [3.8, 4) is 0 Å². The van der Waals surface area contributed by atoms with Gasteiger partial charge in [-0.2, -0.15) is 0 Å². The van der Waals surface area contributed by atoms with Crippen LogP contribution < -0.4 is 5.73 Å². The summed E-state index contributed by atoms with van der Waals surface area (Å²) in [6.45, 7) is 0. The van der Waals surface area contributed by atoms with Crippen LogP contribution in [-0.4, -0.2) is 10.7 Å². The number of thiazole rings is 1. The van der Waals surface area contributed by atoms with E-state index in [4.69, 9.17) is 5.73 Å². The van der Waals surface area contributed by atoms with E-state index in [1.807, 2.05) is 18.0 Å². The molecule has 0 saturated heterocycles. The molecular formula is C12H14N2S2. The van der Waals surface area contributed by atoms with Gasteiger partial charge in [0.05, 0.1) is 10.4 Å². The van der Waals surface area contributed by atoms with E-state index in [0.29, 0.717) is 5.13 Å². The van der Waals surface area contributed by atoms with Crippen molar-refractivity contribution < 1.29 is 0 Å². The molecule has 0 atom stereocenters. The summed E-state index contributed by atoms with van der Waals surface area (Å²) in [7, 11) is 0. The summed E-state index contributed by atoms with van der Waals surface area (Å²) in [5.41, 5.74) is 6.98. The number of aromatic nitrogens is 1. The van der Waals surface area contributed by atoms with Crippen molar-refractivity contribution in [3.05, 3.63) is 42.1 Å². The third-order valence-corrected chi connectivity index (χ3v) is 4.31. The molecule has 0 aliphatic carbocycles. The smallest absolute Gasteiger partial charge is 0.181 e. The fourth-order valence-electron chi connectivity index (χ4n) is 1.43. The van der Waals surface area contributed by atoms with Gasteiger partial charge in [0.1, 0.15) is 0 Å². The zero-order chi connectivity index (χ0) is 11.2. The van der Waals surface area contributed by atoms with Gasteiger partial charge in [-0.3, -0.25) is 0 Å². The number of hydrogen-bond acceptors (Lipinski definition) is 4. The van der Waals surface area contributed by atoms with Crippen LogP contribution in [0.2, 0.25) is 0 Å². The van der Waals surface area contributed by atoms with Gasteiger partial charge in [0.15, 0.2) is 5.13 Å². The predicted octanol–water partition coefficient (Wildman–Crippen LogP) is 3.45. The van der Waals surface area contributed by atoms with Gasteiger partial charge in [-0.05, 0) is 24.2 Å². The lowest BCUT2D eigenvalue weighted by atomic mass is 10.1. The number of benzene rings is 1. The minimum Gasteiger partial charge on any atom is -0.375 e. The summed E-state index contributed by atoms with van der Waals surface area (Å²) < 4.78 is 1.21. The first-order valence-electron chi connectivity index (χ1n) is 5.22. The Labute approximate surface area is 104 Å². The van der Waals surface area contributed by atoms with E-state index in [0.717, 1.165) is 12.2 Å². The maximum atomic E-state index is 5.57. The highest BCUT2D eigenvalue weighted by Gasteiger charge is 1.99. The van der Waals surface area contributed by atoms with Crippen LogP contribution in [-0.2, 0) is 6.42 Å².